The van der Waals surface area contributed by atoms with Crippen LogP contribution in [-0.2, 0) is 0 Å². The number of nitrogens with one attached hydrogen (secondary N) is 6. The van der Waals surface area contributed by atoms with Gasteiger partial charge in [0, 0.05) is 52.6 Å². The molecule has 0 fully saturated rings. The molecule has 4 aliphatic heterocycles. The van der Waals surface area contributed by atoms with E-state index in [1.165, 1.54) is 0 Å². The van der Waals surface area contributed by atoms with Crippen molar-refractivity contribution in [2.24, 2.45) is 9.98 Å². The molecule has 4 atom stereocenters. The molecule has 1 aromatic heterocycles. The maximum absolute atomic E-state index is 5.17. The first-order valence-corrected chi connectivity index (χ1v) is 16.0. The van der Waals surface area contributed by atoms with Crippen molar-refractivity contribution < 1.29 is 0 Å². The van der Waals surface area contributed by atoms with Crippen LogP contribution in [0.25, 0.3) is 10.8 Å². The molecule has 0 amide bonds. The van der Waals surface area contributed by atoms with E-state index >= 15 is 0 Å². The third-order valence-corrected chi connectivity index (χ3v) is 9.74. The molecule has 0 spiro atoms. The summed E-state index contributed by atoms with van der Waals surface area (Å²) in [6.45, 7) is 0. The average Bonchev–Trinajstić information content (AvgIpc) is 3.71. The summed E-state index contributed by atoms with van der Waals surface area (Å²) in [5.41, 5.74) is 6.36. The van der Waals surface area contributed by atoms with Crippen LogP contribution in [-0.4, -0.2) is 16.7 Å². The van der Waals surface area contributed by atoms with Gasteiger partial charge in [0.25, 0.3) is 0 Å². The van der Waals surface area contributed by atoms with Crippen molar-refractivity contribution in [3.8, 4) is 0 Å². The number of thiol groups is 4. The Hall–Kier alpha value is -3.68. The van der Waals surface area contributed by atoms with Gasteiger partial charge in [-0.1, -0.05) is 12.1 Å². The maximum Gasteiger partial charge on any atom is 0.148 e. The average molecular weight is 651 g/mol. The second kappa shape index (κ2) is 9.91. The van der Waals surface area contributed by atoms with Crippen LogP contribution in [0.15, 0.2) is 102 Å². The Bertz CT molecular complexity index is 2100. The van der Waals surface area contributed by atoms with Crippen LogP contribution < -0.4 is 26.6 Å². The molecule has 6 N–H and O–H groups in total. The minimum atomic E-state index is -0.342. The molecular formula is C32H26N8S4. The number of hydrogen-bond acceptors (Lipinski definition) is 11. The highest BCUT2D eigenvalue weighted by molar-refractivity contribution is 7.80. The van der Waals surface area contributed by atoms with Crippen molar-refractivity contribution in [2.75, 3.05) is 10.6 Å². The van der Waals surface area contributed by atoms with Gasteiger partial charge in [0.2, 0.25) is 0 Å². The van der Waals surface area contributed by atoms with Crippen LogP contribution in [0.2, 0.25) is 0 Å². The van der Waals surface area contributed by atoms with E-state index in [0.717, 1.165) is 87.0 Å². The molecule has 0 aliphatic carbocycles. The van der Waals surface area contributed by atoms with Gasteiger partial charge in [-0.2, -0.15) is 0 Å². The standard InChI is InChI=1S/C32H26N8S4/c41-13-1-5-17-21(9-13)29-35-25(17)33-26-18-6-2-14(42)10-22(18)31(36-26)40-32-24-12-16(44)4-8-20(24)28(38-32)34-27-19-7-3-15(43)11-23(19)30(37-27)39-29/h1-12,25,27,29,31,34-35,38,40-44H,(H,33,36)(H,37,39). The number of aromatic nitrogens is 1. The lowest BCUT2D eigenvalue weighted by molar-refractivity contribution is 0.456. The fraction of sp³-hybridized carbons (Fsp3) is 0.125. The van der Waals surface area contributed by atoms with Crippen molar-refractivity contribution in [1.82, 2.24) is 20.9 Å². The van der Waals surface area contributed by atoms with Gasteiger partial charge in [-0.15, -0.1) is 50.5 Å². The molecule has 44 heavy (non-hydrogen) atoms. The number of benzene rings is 4. The van der Waals surface area contributed by atoms with E-state index in [9.17, 15) is 0 Å². The van der Waals surface area contributed by atoms with Crippen LogP contribution in [0.4, 0.5) is 11.6 Å². The van der Waals surface area contributed by atoms with Crippen LogP contribution >= 0.6 is 50.5 Å². The van der Waals surface area contributed by atoms with Crippen LogP contribution in [0.3, 0.4) is 0 Å². The van der Waals surface area contributed by atoms with Crippen LogP contribution in [0.5, 0.6) is 0 Å². The molecule has 5 heterocycles. The number of fused-ring (bicyclic) bond motifs is 18. The van der Waals surface area contributed by atoms with E-state index in [1.807, 2.05) is 24.3 Å². The quantitative estimate of drug-likeness (QED) is 0.0876. The van der Waals surface area contributed by atoms with Gasteiger partial charge in [-0.25, -0.2) is 9.98 Å². The predicted molar refractivity (Wildman–Crippen MR) is 187 cm³/mol. The molecule has 0 saturated carbocycles. The number of nitrogens with zero attached hydrogens (tertiary/aromatic N) is 2. The highest BCUT2D eigenvalue weighted by Crippen LogP contribution is 2.41. The zero-order valence-corrected chi connectivity index (χ0v) is 26.5. The van der Waals surface area contributed by atoms with Gasteiger partial charge in [0.05, 0.1) is 0 Å². The van der Waals surface area contributed by atoms with E-state index in [2.05, 4.69) is 131 Å². The summed E-state index contributed by atoms with van der Waals surface area (Å²) < 4.78 is 0. The molecule has 218 valence electrons. The summed E-state index contributed by atoms with van der Waals surface area (Å²) in [4.78, 5) is 17.5. The molecule has 8 bridgehead atoms. The monoisotopic (exact) mass is 650 g/mol. The topological polar surface area (TPSA) is 101 Å². The summed E-state index contributed by atoms with van der Waals surface area (Å²) in [6, 6.07) is 24.7. The van der Waals surface area contributed by atoms with Crippen molar-refractivity contribution in [3.05, 3.63) is 106 Å². The van der Waals surface area contributed by atoms with Gasteiger partial charge in [-0.3, -0.25) is 5.32 Å². The fourth-order valence-corrected chi connectivity index (χ4v) is 7.45. The van der Waals surface area contributed by atoms with Crippen LogP contribution in [0, 0.1) is 0 Å². The largest absolute Gasteiger partial charge is 0.350 e. The third kappa shape index (κ3) is 4.23. The predicted octanol–water partition coefficient (Wildman–Crippen LogP) is 6.56. The SMILES string of the molecule is Sc1ccc2c(c1)C1=NC2Nc2[nH]c(c3cc(S)ccc23)NC2N=C(NC3NC(N1)c1cc(S)ccc13)c1ccc(S)cc12. The van der Waals surface area contributed by atoms with Gasteiger partial charge in [-0.05, 0) is 71.8 Å². The third-order valence-electron chi connectivity index (χ3n) is 8.63. The summed E-state index contributed by atoms with van der Waals surface area (Å²) in [7, 11) is 0. The highest BCUT2D eigenvalue weighted by atomic mass is 32.1. The zero-order chi connectivity index (χ0) is 29.7. The highest BCUT2D eigenvalue weighted by Gasteiger charge is 2.36. The Morgan fingerprint density at radius 2 is 1.05 bits per heavy atom. The lowest BCUT2D eigenvalue weighted by Gasteiger charge is -2.20. The minimum Gasteiger partial charge on any atom is -0.350 e. The number of aromatic amines is 1. The molecule has 4 aromatic carbocycles. The second-order valence-corrected chi connectivity index (χ2v) is 13.4. The van der Waals surface area contributed by atoms with Gasteiger partial charge in [0.15, 0.2) is 0 Å². The number of anilines is 2. The van der Waals surface area contributed by atoms with Gasteiger partial charge < -0.3 is 26.3 Å². The normalized spacial score (nSPS) is 22.5. The first kappa shape index (κ1) is 26.7. The first-order valence-electron chi connectivity index (χ1n) is 14.2. The molecule has 8 nitrogen and oxygen atoms in total. The first-order chi connectivity index (χ1) is 21.4. The molecule has 4 aliphatic rings. The fourth-order valence-electron chi connectivity index (χ4n) is 6.62. The van der Waals surface area contributed by atoms with Crippen LogP contribution in [0.1, 0.15) is 58.0 Å². The summed E-state index contributed by atoms with van der Waals surface area (Å²) in [5, 5.41) is 20.6. The molecule has 4 unspecified atom stereocenters. The lowest BCUT2D eigenvalue weighted by Crippen LogP contribution is -2.40. The number of amidine groups is 2. The number of aliphatic imine (C=N–C) groups is 2. The zero-order valence-electron chi connectivity index (χ0n) is 22.9. The van der Waals surface area contributed by atoms with E-state index in [0.29, 0.717) is 0 Å². The minimum absolute atomic E-state index is 0.207. The maximum atomic E-state index is 5.17. The Morgan fingerprint density at radius 3 is 1.84 bits per heavy atom. The Balaban J connectivity index is 1.24. The summed E-state index contributed by atoms with van der Waals surface area (Å²) in [6.07, 6.45) is -1.10. The van der Waals surface area contributed by atoms with Crippen molar-refractivity contribution >= 4 is 84.6 Å². The Labute approximate surface area is 275 Å². The Morgan fingerprint density at radius 1 is 0.477 bits per heavy atom. The Kier molecular flexibility index (Phi) is 6.01. The van der Waals surface area contributed by atoms with E-state index in [4.69, 9.17) is 9.98 Å². The van der Waals surface area contributed by atoms with E-state index in [1.54, 1.807) is 0 Å². The number of rotatable bonds is 0. The number of hydrogen-bond donors (Lipinski definition) is 10. The summed E-state index contributed by atoms with van der Waals surface area (Å²) in [5.74, 6) is 3.27. The summed E-state index contributed by atoms with van der Waals surface area (Å²) >= 11 is 18.6. The van der Waals surface area contributed by atoms with Crippen molar-refractivity contribution in [1.29, 1.82) is 0 Å². The molecule has 5 aromatic rings. The van der Waals surface area contributed by atoms with Gasteiger partial charge >= 0.3 is 0 Å². The lowest BCUT2D eigenvalue weighted by atomic mass is 10.0. The smallest absolute Gasteiger partial charge is 0.148 e. The van der Waals surface area contributed by atoms with E-state index < -0.39 is 0 Å². The van der Waals surface area contributed by atoms with Crippen molar-refractivity contribution in [3.63, 3.8) is 0 Å². The van der Waals surface area contributed by atoms with Gasteiger partial charge in [0.1, 0.15) is 48.0 Å². The molecule has 0 radical (unpaired) electrons. The molecule has 9 rings (SSSR count). The molecule has 12 heteroatoms. The second-order valence-electron chi connectivity index (χ2n) is 11.3. The van der Waals surface area contributed by atoms with Crippen molar-refractivity contribution in [2.45, 2.75) is 44.2 Å². The number of H-pyrrole nitrogens is 1. The molecular weight excluding hydrogens is 625 g/mol. The van der Waals surface area contributed by atoms with E-state index in [-0.39, 0.29) is 24.7 Å². The molecule has 0 saturated heterocycles.